The third kappa shape index (κ3) is 2.35. The fourth-order valence-electron chi connectivity index (χ4n) is 2.70. The molecule has 0 atom stereocenters. The van der Waals surface area contributed by atoms with Crippen molar-refractivity contribution >= 4 is 27.0 Å². The van der Waals surface area contributed by atoms with Crippen LogP contribution in [-0.4, -0.2) is 23.6 Å². The zero-order chi connectivity index (χ0) is 16.9. The molecule has 6 nitrogen and oxygen atoms in total. The molecular formula is C16H11FN2O4S. The van der Waals surface area contributed by atoms with E-state index in [2.05, 4.69) is 4.98 Å². The van der Waals surface area contributed by atoms with Crippen LogP contribution in [0, 0.1) is 5.82 Å². The van der Waals surface area contributed by atoms with E-state index < -0.39 is 21.7 Å². The number of rotatable bonds is 2. The van der Waals surface area contributed by atoms with Crippen LogP contribution in [0.4, 0.5) is 4.39 Å². The van der Waals surface area contributed by atoms with Crippen molar-refractivity contribution in [3.63, 3.8) is 0 Å². The average molecular weight is 346 g/mol. The highest BCUT2D eigenvalue weighted by Gasteiger charge is 2.36. The monoisotopic (exact) mass is 346 g/mol. The van der Waals surface area contributed by atoms with Gasteiger partial charge in [0.05, 0.1) is 5.75 Å². The summed E-state index contributed by atoms with van der Waals surface area (Å²) in [6.07, 6.45) is 0. The van der Waals surface area contributed by atoms with Crippen LogP contribution in [0.3, 0.4) is 0 Å². The molecule has 1 aliphatic heterocycles. The smallest absolute Gasteiger partial charge is 0.268 e. The van der Waals surface area contributed by atoms with E-state index in [-0.39, 0.29) is 23.8 Å². The molecule has 2 aromatic carbocycles. The standard InChI is InChI=1S/C16H11FN2O4S/c17-11-5-6-13-14(7-11)23-15(18-13)8-19-16(20)12-4-2-1-3-10(12)9-24(19,21)22/h1-7H,8-9H2. The molecule has 1 amide bonds. The van der Waals surface area contributed by atoms with Gasteiger partial charge < -0.3 is 4.42 Å². The molecule has 1 aromatic heterocycles. The molecule has 1 aliphatic rings. The van der Waals surface area contributed by atoms with Gasteiger partial charge in [0, 0.05) is 11.6 Å². The second kappa shape index (κ2) is 5.13. The molecule has 0 unspecified atom stereocenters. The molecular weight excluding hydrogens is 335 g/mol. The molecule has 0 saturated carbocycles. The Labute approximate surface area is 136 Å². The van der Waals surface area contributed by atoms with Crippen LogP contribution in [0.1, 0.15) is 21.8 Å². The molecule has 4 rings (SSSR count). The van der Waals surface area contributed by atoms with Crippen LogP contribution in [0.15, 0.2) is 46.9 Å². The largest absolute Gasteiger partial charge is 0.439 e. The van der Waals surface area contributed by atoms with E-state index in [0.29, 0.717) is 16.6 Å². The number of hydrogen-bond acceptors (Lipinski definition) is 5. The summed E-state index contributed by atoms with van der Waals surface area (Å²) in [7, 11) is -3.82. The van der Waals surface area contributed by atoms with E-state index in [1.807, 2.05) is 0 Å². The Morgan fingerprint density at radius 2 is 2.00 bits per heavy atom. The van der Waals surface area contributed by atoms with Crippen LogP contribution >= 0.6 is 0 Å². The fourth-order valence-corrected chi connectivity index (χ4v) is 4.16. The van der Waals surface area contributed by atoms with Gasteiger partial charge in [-0.3, -0.25) is 4.79 Å². The van der Waals surface area contributed by atoms with E-state index in [9.17, 15) is 17.6 Å². The Bertz CT molecular complexity index is 1070. The molecule has 0 saturated heterocycles. The maximum absolute atomic E-state index is 13.2. The van der Waals surface area contributed by atoms with Crippen LogP contribution in [-0.2, 0) is 22.3 Å². The first-order valence-electron chi connectivity index (χ1n) is 7.12. The van der Waals surface area contributed by atoms with Crippen LogP contribution < -0.4 is 0 Å². The molecule has 2 heterocycles. The molecule has 0 radical (unpaired) electrons. The minimum Gasteiger partial charge on any atom is -0.439 e. The number of nitrogens with zero attached hydrogens (tertiary/aromatic N) is 2. The molecule has 0 bridgehead atoms. The number of carbonyl (C=O) groups is 1. The van der Waals surface area contributed by atoms with E-state index >= 15 is 0 Å². The van der Waals surface area contributed by atoms with Gasteiger partial charge >= 0.3 is 0 Å². The number of halogens is 1. The molecule has 24 heavy (non-hydrogen) atoms. The van der Waals surface area contributed by atoms with Gasteiger partial charge in [-0.15, -0.1) is 0 Å². The number of hydrogen-bond donors (Lipinski definition) is 0. The summed E-state index contributed by atoms with van der Waals surface area (Å²) in [6, 6.07) is 10.4. The zero-order valence-electron chi connectivity index (χ0n) is 12.3. The summed E-state index contributed by atoms with van der Waals surface area (Å²) in [6.45, 7) is -0.328. The highest BCUT2D eigenvalue weighted by Crippen LogP contribution is 2.27. The lowest BCUT2D eigenvalue weighted by molar-refractivity contribution is 0.0841. The highest BCUT2D eigenvalue weighted by molar-refractivity contribution is 7.89. The van der Waals surface area contributed by atoms with Crippen LogP contribution in [0.25, 0.3) is 11.1 Å². The van der Waals surface area contributed by atoms with Crippen molar-refractivity contribution in [2.24, 2.45) is 0 Å². The quantitative estimate of drug-likeness (QED) is 0.712. The number of aromatic nitrogens is 1. The van der Waals surface area contributed by atoms with Gasteiger partial charge in [0.25, 0.3) is 5.91 Å². The zero-order valence-corrected chi connectivity index (χ0v) is 13.1. The number of sulfonamides is 1. The summed E-state index contributed by atoms with van der Waals surface area (Å²) in [4.78, 5) is 16.6. The predicted octanol–water partition coefficient (Wildman–Crippen LogP) is 2.45. The topological polar surface area (TPSA) is 80.5 Å². The SMILES string of the molecule is O=C1c2ccccc2CS(=O)(=O)N1Cc1nc2ccc(F)cc2o1. The van der Waals surface area contributed by atoms with Crippen molar-refractivity contribution in [1.82, 2.24) is 9.29 Å². The molecule has 0 fully saturated rings. The van der Waals surface area contributed by atoms with Gasteiger partial charge in [-0.05, 0) is 23.8 Å². The predicted molar refractivity (Wildman–Crippen MR) is 82.9 cm³/mol. The Morgan fingerprint density at radius 3 is 2.83 bits per heavy atom. The average Bonchev–Trinajstić information content (AvgIpc) is 2.92. The second-order valence-electron chi connectivity index (χ2n) is 5.44. The summed E-state index contributed by atoms with van der Waals surface area (Å²) in [5.74, 6) is -1.33. The van der Waals surface area contributed by atoms with Crippen molar-refractivity contribution in [2.75, 3.05) is 0 Å². The lowest BCUT2D eigenvalue weighted by Crippen LogP contribution is -2.41. The number of oxazole rings is 1. The molecule has 0 N–H and O–H groups in total. The number of carbonyl (C=O) groups excluding carboxylic acids is 1. The number of benzene rings is 2. The normalized spacial score (nSPS) is 16.4. The summed E-state index contributed by atoms with van der Waals surface area (Å²) in [5, 5.41) is 0. The van der Waals surface area contributed by atoms with Crippen molar-refractivity contribution in [3.05, 3.63) is 65.3 Å². The van der Waals surface area contributed by atoms with Crippen molar-refractivity contribution in [1.29, 1.82) is 0 Å². The molecule has 0 aliphatic carbocycles. The third-order valence-electron chi connectivity index (χ3n) is 3.82. The Balaban J connectivity index is 1.73. The molecule has 122 valence electrons. The van der Waals surface area contributed by atoms with Crippen LogP contribution in [0.5, 0.6) is 0 Å². The summed E-state index contributed by atoms with van der Waals surface area (Å²) in [5.41, 5.74) is 1.41. The third-order valence-corrected chi connectivity index (χ3v) is 5.46. The summed E-state index contributed by atoms with van der Waals surface area (Å²) >= 11 is 0. The maximum Gasteiger partial charge on any atom is 0.268 e. The number of fused-ring (bicyclic) bond motifs is 2. The first-order valence-corrected chi connectivity index (χ1v) is 8.72. The van der Waals surface area contributed by atoms with Gasteiger partial charge in [0.2, 0.25) is 15.9 Å². The van der Waals surface area contributed by atoms with Crippen LogP contribution in [0.2, 0.25) is 0 Å². The minimum atomic E-state index is -3.82. The Kier molecular flexibility index (Phi) is 3.17. The minimum absolute atomic E-state index is 0.0342. The van der Waals surface area contributed by atoms with Gasteiger partial charge in [-0.25, -0.2) is 22.1 Å². The Morgan fingerprint density at radius 1 is 1.21 bits per heavy atom. The molecule has 3 aromatic rings. The summed E-state index contributed by atoms with van der Waals surface area (Å²) < 4.78 is 44.1. The Hall–Kier alpha value is -2.74. The van der Waals surface area contributed by atoms with Crippen molar-refractivity contribution in [3.8, 4) is 0 Å². The fraction of sp³-hybridized carbons (Fsp3) is 0.125. The van der Waals surface area contributed by atoms with E-state index in [1.165, 1.54) is 12.1 Å². The maximum atomic E-state index is 13.2. The van der Waals surface area contributed by atoms with E-state index in [1.54, 1.807) is 24.3 Å². The number of amides is 1. The first kappa shape index (κ1) is 14.8. The van der Waals surface area contributed by atoms with Gasteiger partial charge in [-0.1, -0.05) is 18.2 Å². The highest BCUT2D eigenvalue weighted by atomic mass is 32.2. The molecule has 0 spiro atoms. The van der Waals surface area contributed by atoms with E-state index in [4.69, 9.17) is 4.42 Å². The second-order valence-corrected chi connectivity index (χ2v) is 7.34. The first-order chi connectivity index (χ1) is 11.4. The van der Waals surface area contributed by atoms with Gasteiger partial charge in [-0.2, -0.15) is 0 Å². The lowest BCUT2D eigenvalue weighted by Gasteiger charge is -2.26. The molecule has 8 heteroatoms. The van der Waals surface area contributed by atoms with Crippen molar-refractivity contribution < 1.29 is 22.0 Å². The van der Waals surface area contributed by atoms with E-state index in [0.717, 1.165) is 10.4 Å². The van der Waals surface area contributed by atoms with Crippen molar-refractivity contribution in [2.45, 2.75) is 12.3 Å². The van der Waals surface area contributed by atoms with Gasteiger partial charge in [0.15, 0.2) is 5.58 Å². The van der Waals surface area contributed by atoms with Gasteiger partial charge in [0.1, 0.15) is 17.9 Å². The lowest BCUT2D eigenvalue weighted by atomic mass is 10.1.